The van der Waals surface area contributed by atoms with Crippen LogP contribution in [0, 0.1) is 0 Å². The molecule has 2 aromatic rings. The van der Waals surface area contributed by atoms with E-state index in [0.29, 0.717) is 10.8 Å². The molecule has 2 amide bonds. The van der Waals surface area contributed by atoms with Gasteiger partial charge in [0, 0.05) is 22.9 Å². The Kier molecular flexibility index (Phi) is 9.26. The SMILES string of the molecule is COc1ccc(CSCC(=O)N(Cc2ccccc2Cl)[C@H](C)C(=O)NC(C)(C)C)cc1. The number of amides is 2. The van der Waals surface area contributed by atoms with Gasteiger partial charge >= 0.3 is 0 Å². The van der Waals surface area contributed by atoms with Crippen molar-refractivity contribution in [3.05, 3.63) is 64.7 Å². The number of carbonyl (C=O) groups is 2. The molecule has 1 N–H and O–H groups in total. The maximum absolute atomic E-state index is 13.1. The van der Waals surface area contributed by atoms with Crippen LogP contribution in [0.4, 0.5) is 0 Å². The molecule has 5 nitrogen and oxygen atoms in total. The molecule has 168 valence electrons. The molecule has 0 aliphatic rings. The fourth-order valence-corrected chi connectivity index (χ4v) is 3.99. The summed E-state index contributed by atoms with van der Waals surface area (Å²) in [5.74, 6) is 1.47. The minimum atomic E-state index is -0.621. The summed E-state index contributed by atoms with van der Waals surface area (Å²) in [5, 5.41) is 3.54. The second-order valence-corrected chi connectivity index (χ2v) is 9.76. The molecule has 0 saturated carbocycles. The molecule has 0 unspecified atom stereocenters. The summed E-state index contributed by atoms with van der Waals surface area (Å²) in [6.45, 7) is 7.79. The van der Waals surface area contributed by atoms with Gasteiger partial charge in [-0.3, -0.25) is 9.59 Å². The fraction of sp³-hybridized carbons (Fsp3) is 0.417. The Morgan fingerprint density at radius 2 is 1.77 bits per heavy atom. The van der Waals surface area contributed by atoms with Gasteiger partial charge in [-0.15, -0.1) is 11.8 Å². The molecule has 7 heteroatoms. The van der Waals surface area contributed by atoms with E-state index in [4.69, 9.17) is 16.3 Å². The summed E-state index contributed by atoms with van der Waals surface area (Å²) < 4.78 is 5.18. The zero-order valence-electron chi connectivity index (χ0n) is 18.8. The Bertz CT molecular complexity index is 881. The molecular formula is C24H31ClN2O3S. The number of rotatable bonds is 9. The minimum absolute atomic E-state index is 0.102. The monoisotopic (exact) mass is 462 g/mol. The van der Waals surface area contributed by atoms with Gasteiger partial charge in [-0.1, -0.05) is 41.9 Å². The van der Waals surface area contributed by atoms with Gasteiger partial charge in [-0.25, -0.2) is 0 Å². The van der Waals surface area contributed by atoms with Crippen molar-refractivity contribution in [3.63, 3.8) is 0 Å². The topological polar surface area (TPSA) is 58.6 Å². The van der Waals surface area contributed by atoms with Crippen LogP contribution in [0.3, 0.4) is 0 Å². The number of carbonyl (C=O) groups excluding carboxylic acids is 2. The van der Waals surface area contributed by atoms with Crippen LogP contribution in [-0.4, -0.2) is 41.2 Å². The zero-order chi connectivity index (χ0) is 23.0. The van der Waals surface area contributed by atoms with Crippen molar-refractivity contribution in [1.29, 1.82) is 0 Å². The number of ether oxygens (including phenoxy) is 1. The van der Waals surface area contributed by atoms with Crippen LogP contribution in [-0.2, 0) is 21.9 Å². The quantitative estimate of drug-likeness (QED) is 0.575. The standard InChI is InChI=1S/C24H31ClN2O3S/c1-17(23(29)26-24(2,3)4)27(14-19-8-6-7-9-21(19)25)22(28)16-31-15-18-10-12-20(30-5)13-11-18/h6-13,17H,14-16H2,1-5H3,(H,26,29)/t17-/m1/s1. The Hall–Kier alpha value is -2.18. The van der Waals surface area contributed by atoms with E-state index in [0.717, 1.165) is 16.9 Å². The third-order valence-corrected chi connectivity index (χ3v) is 5.97. The highest BCUT2D eigenvalue weighted by Gasteiger charge is 2.28. The molecule has 0 saturated heterocycles. The van der Waals surface area contributed by atoms with Crippen molar-refractivity contribution >= 4 is 35.2 Å². The average molecular weight is 463 g/mol. The van der Waals surface area contributed by atoms with Crippen molar-refractivity contribution < 1.29 is 14.3 Å². The van der Waals surface area contributed by atoms with Crippen LogP contribution >= 0.6 is 23.4 Å². The number of nitrogens with one attached hydrogen (secondary N) is 1. The number of hydrogen-bond acceptors (Lipinski definition) is 4. The van der Waals surface area contributed by atoms with Crippen LogP contribution in [0.25, 0.3) is 0 Å². The predicted molar refractivity (Wildman–Crippen MR) is 129 cm³/mol. The first kappa shape index (κ1) is 25.1. The van der Waals surface area contributed by atoms with Crippen LogP contribution in [0.5, 0.6) is 5.75 Å². The Morgan fingerprint density at radius 3 is 2.35 bits per heavy atom. The van der Waals surface area contributed by atoms with E-state index in [2.05, 4.69) is 5.32 Å². The van der Waals surface area contributed by atoms with Crippen LogP contribution in [0.1, 0.15) is 38.8 Å². The first-order valence-corrected chi connectivity index (χ1v) is 11.7. The number of hydrogen-bond donors (Lipinski definition) is 1. The predicted octanol–water partition coefficient (Wildman–Crippen LogP) is 4.91. The van der Waals surface area contributed by atoms with Crippen LogP contribution in [0.2, 0.25) is 5.02 Å². The molecule has 0 aromatic heterocycles. The molecule has 0 bridgehead atoms. The second-order valence-electron chi connectivity index (χ2n) is 8.37. The smallest absolute Gasteiger partial charge is 0.242 e. The lowest BCUT2D eigenvalue weighted by molar-refractivity contribution is -0.139. The molecule has 2 aromatic carbocycles. The molecular weight excluding hydrogens is 432 g/mol. The average Bonchev–Trinajstić information content (AvgIpc) is 2.72. The third-order valence-electron chi connectivity index (χ3n) is 4.62. The lowest BCUT2D eigenvalue weighted by Gasteiger charge is -2.31. The van der Waals surface area contributed by atoms with Crippen molar-refractivity contribution in [1.82, 2.24) is 10.2 Å². The van der Waals surface area contributed by atoms with Gasteiger partial charge < -0.3 is 15.0 Å². The number of nitrogens with zero attached hydrogens (tertiary/aromatic N) is 1. The molecule has 0 fully saturated rings. The minimum Gasteiger partial charge on any atom is -0.497 e. The summed E-state index contributed by atoms with van der Waals surface area (Å²) in [6, 6.07) is 14.5. The first-order valence-electron chi connectivity index (χ1n) is 10.2. The third kappa shape index (κ3) is 8.11. The van der Waals surface area contributed by atoms with Crippen molar-refractivity contribution in [2.75, 3.05) is 12.9 Å². The summed E-state index contributed by atoms with van der Waals surface area (Å²) >= 11 is 7.84. The van der Waals surface area contributed by atoms with Gasteiger partial charge in [0.1, 0.15) is 11.8 Å². The van der Waals surface area contributed by atoms with Crippen LogP contribution in [0.15, 0.2) is 48.5 Å². The van der Waals surface area contributed by atoms with E-state index < -0.39 is 6.04 Å². The number of benzene rings is 2. The van der Waals surface area contributed by atoms with E-state index in [1.54, 1.807) is 25.0 Å². The summed E-state index contributed by atoms with van der Waals surface area (Å²) in [5.41, 5.74) is 1.54. The van der Waals surface area contributed by atoms with Gasteiger partial charge in [0.25, 0.3) is 0 Å². The fourth-order valence-electron chi connectivity index (χ4n) is 2.93. The molecule has 0 aliphatic carbocycles. The highest BCUT2D eigenvalue weighted by Crippen LogP contribution is 2.21. The zero-order valence-corrected chi connectivity index (χ0v) is 20.3. The van der Waals surface area contributed by atoms with Crippen molar-refractivity contribution in [2.45, 2.75) is 51.6 Å². The molecule has 1 atom stereocenters. The van der Waals surface area contributed by atoms with Gasteiger partial charge in [0.15, 0.2) is 0 Å². The number of halogens is 1. The largest absolute Gasteiger partial charge is 0.497 e. The maximum Gasteiger partial charge on any atom is 0.242 e. The van der Waals surface area contributed by atoms with Gasteiger partial charge in [-0.2, -0.15) is 0 Å². The summed E-state index contributed by atoms with van der Waals surface area (Å²) in [7, 11) is 1.63. The maximum atomic E-state index is 13.1. The molecule has 0 aliphatic heterocycles. The normalized spacial score (nSPS) is 12.2. The first-order chi connectivity index (χ1) is 14.6. The Balaban J connectivity index is 2.09. The van der Waals surface area contributed by atoms with Crippen molar-refractivity contribution in [2.24, 2.45) is 0 Å². The summed E-state index contributed by atoms with van der Waals surface area (Å²) in [6.07, 6.45) is 0. The van der Waals surface area contributed by atoms with Crippen molar-refractivity contribution in [3.8, 4) is 5.75 Å². The highest BCUT2D eigenvalue weighted by molar-refractivity contribution is 7.99. The van der Waals surface area contributed by atoms with E-state index >= 15 is 0 Å². The molecule has 0 heterocycles. The second kappa shape index (κ2) is 11.4. The number of methoxy groups -OCH3 is 1. The van der Waals surface area contributed by atoms with E-state index in [9.17, 15) is 9.59 Å². The molecule has 0 radical (unpaired) electrons. The molecule has 2 rings (SSSR count). The van der Waals surface area contributed by atoms with E-state index in [-0.39, 0.29) is 29.7 Å². The van der Waals surface area contributed by atoms with Gasteiger partial charge in [-0.05, 0) is 57.0 Å². The van der Waals surface area contributed by atoms with E-state index in [1.165, 1.54) is 11.8 Å². The summed E-state index contributed by atoms with van der Waals surface area (Å²) in [4.78, 5) is 27.5. The van der Waals surface area contributed by atoms with Gasteiger partial charge in [0.2, 0.25) is 11.8 Å². The Morgan fingerprint density at radius 1 is 1.13 bits per heavy atom. The van der Waals surface area contributed by atoms with E-state index in [1.807, 2.05) is 63.2 Å². The lowest BCUT2D eigenvalue weighted by Crippen LogP contribution is -2.52. The Labute approximate surface area is 194 Å². The lowest BCUT2D eigenvalue weighted by atomic mass is 10.1. The molecule has 0 spiro atoms. The van der Waals surface area contributed by atoms with Crippen LogP contribution < -0.4 is 10.1 Å². The highest BCUT2D eigenvalue weighted by atomic mass is 35.5. The van der Waals surface area contributed by atoms with Gasteiger partial charge in [0.05, 0.1) is 12.9 Å². The molecule has 31 heavy (non-hydrogen) atoms. The number of thioether (sulfide) groups is 1.